The zero-order chi connectivity index (χ0) is 18.2. The van der Waals surface area contributed by atoms with Crippen LogP contribution in [0.2, 0.25) is 0 Å². The number of nitrogens with one attached hydrogen (secondary N) is 3. The van der Waals surface area contributed by atoms with Crippen molar-refractivity contribution in [2.75, 3.05) is 0 Å². The number of carbonyl (C=O) groups excluding carboxylic acids is 3. The van der Waals surface area contributed by atoms with E-state index in [1.807, 2.05) is 37.3 Å². The third-order valence-electron chi connectivity index (χ3n) is 3.53. The van der Waals surface area contributed by atoms with Crippen molar-refractivity contribution in [2.45, 2.75) is 19.4 Å². The van der Waals surface area contributed by atoms with Gasteiger partial charge in [0.05, 0.1) is 0 Å². The number of benzene rings is 2. The summed E-state index contributed by atoms with van der Waals surface area (Å²) in [6.45, 7) is 1.91. The molecule has 0 aromatic heterocycles. The molecule has 130 valence electrons. The Bertz CT molecular complexity index is 745. The maximum atomic E-state index is 12.3. The summed E-state index contributed by atoms with van der Waals surface area (Å²) < 4.78 is 0. The van der Waals surface area contributed by atoms with E-state index in [1.165, 1.54) is 0 Å². The molecule has 0 fully saturated rings. The van der Waals surface area contributed by atoms with Crippen molar-refractivity contribution < 1.29 is 14.4 Å². The first-order valence-electron chi connectivity index (χ1n) is 7.72. The number of carbonyl (C=O) groups is 3. The summed E-state index contributed by atoms with van der Waals surface area (Å²) in [6.07, 6.45) is 0.246. The van der Waals surface area contributed by atoms with Crippen molar-refractivity contribution >= 4 is 17.8 Å². The van der Waals surface area contributed by atoms with Gasteiger partial charge in [-0.25, -0.2) is 4.79 Å². The van der Waals surface area contributed by atoms with E-state index in [2.05, 4.69) is 16.2 Å². The first kappa shape index (κ1) is 18.0. The Kier molecular flexibility index (Phi) is 6.11. The Morgan fingerprint density at radius 1 is 0.960 bits per heavy atom. The van der Waals surface area contributed by atoms with E-state index in [0.29, 0.717) is 5.56 Å². The van der Waals surface area contributed by atoms with Gasteiger partial charge in [-0.15, -0.1) is 0 Å². The lowest BCUT2D eigenvalue weighted by Crippen LogP contribution is -2.54. The minimum Gasteiger partial charge on any atom is -0.352 e. The number of rotatable bonds is 5. The number of primary amides is 1. The van der Waals surface area contributed by atoms with Gasteiger partial charge in [0, 0.05) is 12.0 Å². The fourth-order valence-corrected chi connectivity index (χ4v) is 2.21. The van der Waals surface area contributed by atoms with Gasteiger partial charge in [-0.05, 0) is 24.6 Å². The van der Waals surface area contributed by atoms with Crippen molar-refractivity contribution in [1.29, 1.82) is 0 Å². The first-order valence-corrected chi connectivity index (χ1v) is 7.72. The molecule has 5 N–H and O–H groups in total. The van der Waals surface area contributed by atoms with Crippen LogP contribution in [0, 0.1) is 6.92 Å². The number of amides is 4. The lowest BCUT2D eigenvalue weighted by Gasteiger charge is -2.17. The molecule has 0 saturated carbocycles. The molecule has 0 aliphatic carbocycles. The molecular weight excluding hydrogens is 320 g/mol. The van der Waals surface area contributed by atoms with Gasteiger partial charge in [0.15, 0.2) is 0 Å². The molecule has 25 heavy (non-hydrogen) atoms. The lowest BCUT2D eigenvalue weighted by atomic mass is 10.1. The molecule has 7 nitrogen and oxygen atoms in total. The highest BCUT2D eigenvalue weighted by molar-refractivity contribution is 5.96. The standard InChI is InChI=1S/C18H20N4O3/c1-12-7-9-14(10-8-12)16(23)21-22-17(24)15(20-18(19)25)11-13-5-3-2-4-6-13/h2-10,15H,11H2,1H3,(H,21,23)(H,22,24)(H3,19,20,25). The van der Waals surface area contributed by atoms with E-state index in [0.717, 1.165) is 11.1 Å². The summed E-state index contributed by atoms with van der Waals surface area (Å²) in [7, 11) is 0. The molecule has 0 spiro atoms. The van der Waals surface area contributed by atoms with Gasteiger partial charge in [0.2, 0.25) is 0 Å². The van der Waals surface area contributed by atoms with Crippen molar-refractivity contribution in [3.8, 4) is 0 Å². The third-order valence-corrected chi connectivity index (χ3v) is 3.53. The molecule has 2 aromatic carbocycles. The summed E-state index contributed by atoms with van der Waals surface area (Å²) >= 11 is 0. The van der Waals surface area contributed by atoms with E-state index in [-0.39, 0.29) is 6.42 Å². The highest BCUT2D eigenvalue weighted by Gasteiger charge is 2.21. The van der Waals surface area contributed by atoms with Gasteiger partial charge in [-0.1, -0.05) is 48.0 Å². The molecule has 0 aliphatic heterocycles. The van der Waals surface area contributed by atoms with Gasteiger partial charge in [-0.3, -0.25) is 20.4 Å². The van der Waals surface area contributed by atoms with Gasteiger partial charge in [-0.2, -0.15) is 0 Å². The van der Waals surface area contributed by atoms with Crippen molar-refractivity contribution in [2.24, 2.45) is 5.73 Å². The Hall–Kier alpha value is -3.35. The van der Waals surface area contributed by atoms with Crippen LogP contribution in [-0.2, 0) is 11.2 Å². The summed E-state index contributed by atoms with van der Waals surface area (Å²) in [5.74, 6) is -1.02. The van der Waals surface area contributed by atoms with E-state index in [1.54, 1.807) is 24.3 Å². The second-order valence-electron chi connectivity index (χ2n) is 5.56. The SMILES string of the molecule is Cc1ccc(C(=O)NNC(=O)C(Cc2ccccc2)NC(N)=O)cc1. The zero-order valence-corrected chi connectivity index (χ0v) is 13.8. The maximum Gasteiger partial charge on any atom is 0.312 e. The number of hydrogen-bond acceptors (Lipinski definition) is 3. The van der Waals surface area contributed by atoms with Crippen molar-refractivity contribution in [3.05, 3.63) is 71.3 Å². The van der Waals surface area contributed by atoms with Crippen LogP contribution in [-0.4, -0.2) is 23.9 Å². The summed E-state index contributed by atoms with van der Waals surface area (Å²) in [5.41, 5.74) is 12.0. The second kappa shape index (κ2) is 8.49. The van der Waals surface area contributed by atoms with Gasteiger partial charge >= 0.3 is 6.03 Å². The van der Waals surface area contributed by atoms with Crippen LogP contribution >= 0.6 is 0 Å². The average Bonchev–Trinajstić information content (AvgIpc) is 2.60. The topological polar surface area (TPSA) is 113 Å². The molecule has 2 aromatic rings. The van der Waals surface area contributed by atoms with Gasteiger partial charge < -0.3 is 11.1 Å². The zero-order valence-electron chi connectivity index (χ0n) is 13.8. The van der Waals surface area contributed by atoms with Crippen LogP contribution in [0.3, 0.4) is 0 Å². The number of nitrogens with two attached hydrogens (primary N) is 1. The minimum atomic E-state index is -0.904. The number of urea groups is 1. The fraction of sp³-hybridized carbons (Fsp3) is 0.167. The van der Waals surface area contributed by atoms with Crippen LogP contribution in [0.15, 0.2) is 54.6 Å². The molecule has 0 heterocycles. The van der Waals surface area contributed by atoms with E-state index in [9.17, 15) is 14.4 Å². The lowest BCUT2D eigenvalue weighted by molar-refractivity contribution is -0.123. The Morgan fingerprint density at radius 2 is 1.60 bits per heavy atom. The molecule has 4 amide bonds. The summed E-state index contributed by atoms with van der Waals surface area (Å²) in [4.78, 5) is 35.4. The summed E-state index contributed by atoms with van der Waals surface area (Å²) in [6, 6.07) is 14.3. The quantitative estimate of drug-likeness (QED) is 0.610. The minimum absolute atomic E-state index is 0.246. The maximum absolute atomic E-state index is 12.3. The van der Waals surface area contributed by atoms with Gasteiger partial charge in [0.1, 0.15) is 6.04 Å². The van der Waals surface area contributed by atoms with Crippen LogP contribution in [0.25, 0.3) is 0 Å². The Morgan fingerprint density at radius 3 is 2.20 bits per heavy atom. The van der Waals surface area contributed by atoms with Gasteiger partial charge in [0.25, 0.3) is 11.8 Å². The molecule has 0 saturated heterocycles. The second-order valence-corrected chi connectivity index (χ2v) is 5.56. The Labute approximate surface area is 145 Å². The number of hydrazine groups is 1. The normalized spacial score (nSPS) is 11.2. The third kappa shape index (κ3) is 5.65. The smallest absolute Gasteiger partial charge is 0.312 e. The van der Waals surface area contributed by atoms with Crippen LogP contribution in [0.4, 0.5) is 4.79 Å². The molecular formula is C18H20N4O3. The van der Waals surface area contributed by atoms with E-state index < -0.39 is 23.9 Å². The Balaban J connectivity index is 1.97. The summed E-state index contributed by atoms with van der Waals surface area (Å²) in [5, 5.41) is 2.37. The van der Waals surface area contributed by atoms with Crippen LogP contribution in [0.1, 0.15) is 21.5 Å². The fourth-order valence-electron chi connectivity index (χ4n) is 2.21. The highest BCUT2D eigenvalue weighted by atomic mass is 16.2. The highest BCUT2D eigenvalue weighted by Crippen LogP contribution is 2.04. The number of hydrogen-bond donors (Lipinski definition) is 4. The molecule has 1 atom stereocenters. The molecule has 2 rings (SSSR count). The monoisotopic (exact) mass is 340 g/mol. The molecule has 0 aliphatic rings. The molecule has 1 unspecified atom stereocenters. The van der Waals surface area contributed by atoms with Crippen molar-refractivity contribution in [3.63, 3.8) is 0 Å². The number of aryl methyl sites for hydroxylation is 1. The van der Waals surface area contributed by atoms with Crippen LogP contribution < -0.4 is 21.9 Å². The van der Waals surface area contributed by atoms with E-state index in [4.69, 9.17) is 5.73 Å². The van der Waals surface area contributed by atoms with Crippen LogP contribution in [0.5, 0.6) is 0 Å². The van der Waals surface area contributed by atoms with E-state index >= 15 is 0 Å². The largest absolute Gasteiger partial charge is 0.352 e. The molecule has 7 heteroatoms. The first-order chi connectivity index (χ1) is 12.0. The molecule has 0 bridgehead atoms. The molecule has 0 radical (unpaired) electrons. The predicted molar refractivity (Wildman–Crippen MR) is 93.4 cm³/mol. The van der Waals surface area contributed by atoms with Crippen molar-refractivity contribution in [1.82, 2.24) is 16.2 Å². The predicted octanol–water partition coefficient (Wildman–Crippen LogP) is 1.04. The average molecular weight is 340 g/mol.